The molecule has 1 saturated carbocycles. The number of hydrogen-bond donors (Lipinski definition) is 2. The van der Waals surface area contributed by atoms with Crippen molar-refractivity contribution in [1.29, 1.82) is 0 Å². The van der Waals surface area contributed by atoms with Crippen LogP contribution in [0.3, 0.4) is 0 Å². The van der Waals surface area contributed by atoms with E-state index in [0.29, 0.717) is 5.56 Å². The van der Waals surface area contributed by atoms with Crippen molar-refractivity contribution >= 4 is 5.95 Å². The van der Waals surface area contributed by atoms with Gasteiger partial charge in [-0.15, -0.1) is 0 Å². The summed E-state index contributed by atoms with van der Waals surface area (Å²) >= 11 is 0. The van der Waals surface area contributed by atoms with Crippen molar-refractivity contribution in [3.8, 4) is 11.4 Å². The first-order chi connectivity index (χ1) is 10.9. The minimum atomic E-state index is -4.40. The number of anilines is 1. The maximum absolute atomic E-state index is 12.6. The predicted molar refractivity (Wildman–Crippen MR) is 79.0 cm³/mol. The highest BCUT2D eigenvalue weighted by Crippen LogP contribution is 2.30. The van der Waals surface area contributed by atoms with Crippen molar-refractivity contribution in [3.63, 3.8) is 0 Å². The molecule has 5 nitrogen and oxygen atoms in total. The van der Waals surface area contributed by atoms with Crippen LogP contribution in [0.25, 0.3) is 11.4 Å². The van der Waals surface area contributed by atoms with Crippen molar-refractivity contribution in [2.45, 2.75) is 37.9 Å². The van der Waals surface area contributed by atoms with Crippen LogP contribution in [0.1, 0.15) is 31.2 Å². The summed E-state index contributed by atoms with van der Waals surface area (Å²) < 4.78 is 37.8. The predicted octanol–water partition coefficient (Wildman–Crippen LogP) is 3.21. The number of hydrogen-bond acceptors (Lipinski definition) is 4. The molecule has 23 heavy (non-hydrogen) atoms. The lowest BCUT2D eigenvalue weighted by Crippen LogP contribution is -2.22. The van der Waals surface area contributed by atoms with Crippen LogP contribution in [0.5, 0.6) is 0 Å². The highest BCUT2D eigenvalue weighted by Gasteiger charge is 2.30. The van der Waals surface area contributed by atoms with Gasteiger partial charge in [0.25, 0.3) is 0 Å². The Morgan fingerprint density at radius 3 is 2.35 bits per heavy atom. The Kier molecular flexibility index (Phi) is 4.06. The molecule has 0 amide bonds. The molecule has 0 unspecified atom stereocenters. The number of nitrogens with one attached hydrogen (secondary N) is 2. The van der Waals surface area contributed by atoms with E-state index in [-0.39, 0.29) is 17.8 Å². The van der Waals surface area contributed by atoms with Crippen LogP contribution in [0.4, 0.5) is 19.1 Å². The third-order valence-corrected chi connectivity index (χ3v) is 3.82. The number of aromatic amines is 1. The SMILES string of the molecule is O=c1nc(NC2CCCC2)nc(-c2ccc(C(F)(F)F)cc2)[nH]1. The van der Waals surface area contributed by atoms with Gasteiger partial charge in [-0.3, -0.25) is 4.98 Å². The molecule has 122 valence electrons. The smallest absolute Gasteiger partial charge is 0.351 e. The standard InChI is InChI=1S/C15H15F3N4O/c16-15(17,18)10-7-5-9(6-8-10)12-20-13(22-14(23)21-12)19-11-3-1-2-4-11/h5-8,11H,1-4H2,(H2,19,20,21,22,23). The van der Waals surface area contributed by atoms with Gasteiger partial charge in [0.05, 0.1) is 5.56 Å². The van der Waals surface area contributed by atoms with E-state index in [9.17, 15) is 18.0 Å². The molecule has 0 spiro atoms. The van der Waals surface area contributed by atoms with Crippen LogP contribution in [0.2, 0.25) is 0 Å². The van der Waals surface area contributed by atoms with E-state index in [2.05, 4.69) is 20.3 Å². The van der Waals surface area contributed by atoms with Gasteiger partial charge in [-0.2, -0.15) is 23.1 Å². The van der Waals surface area contributed by atoms with Crippen LogP contribution < -0.4 is 11.0 Å². The fourth-order valence-electron chi connectivity index (χ4n) is 2.66. The van der Waals surface area contributed by atoms with Gasteiger partial charge in [-0.1, -0.05) is 25.0 Å². The average Bonchev–Trinajstić information content (AvgIpc) is 2.99. The Morgan fingerprint density at radius 1 is 1.09 bits per heavy atom. The first-order valence-corrected chi connectivity index (χ1v) is 7.34. The second kappa shape index (κ2) is 6.02. The maximum atomic E-state index is 12.6. The van der Waals surface area contributed by atoms with Crippen molar-refractivity contribution in [2.24, 2.45) is 0 Å². The molecule has 1 aliphatic carbocycles. The summed E-state index contributed by atoms with van der Waals surface area (Å²) in [4.78, 5) is 22.1. The quantitative estimate of drug-likeness (QED) is 0.909. The van der Waals surface area contributed by atoms with Gasteiger partial charge in [-0.25, -0.2) is 4.79 Å². The number of rotatable bonds is 3. The molecule has 8 heteroatoms. The van der Waals surface area contributed by atoms with Crippen molar-refractivity contribution in [3.05, 3.63) is 40.3 Å². The van der Waals surface area contributed by atoms with Crippen molar-refractivity contribution in [2.75, 3.05) is 5.32 Å². The summed E-state index contributed by atoms with van der Waals surface area (Å²) in [5, 5.41) is 3.11. The summed E-state index contributed by atoms with van der Waals surface area (Å²) in [6.45, 7) is 0. The normalized spacial score (nSPS) is 15.8. The maximum Gasteiger partial charge on any atom is 0.416 e. The highest BCUT2D eigenvalue weighted by atomic mass is 19.4. The third-order valence-electron chi connectivity index (χ3n) is 3.82. The Morgan fingerprint density at radius 2 is 1.74 bits per heavy atom. The summed E-state index contributed by atoms with van der Waals surface area (Å²) in [6, 6.07) is 4.71. The Bertz CT molecular complexity index is 734. The molecule has 2 N–H and O–H groups in total. The lowest BCUT2D eigenvalue weighted by molar-refractivity contribution is -0.137. The zero-order chi connectivity index (χ0) is 16.4. The molecule has 1 aliphatic rings. The number of halogens is 3. The number of alkyl halides is 3. The molecule has 0 radical (unpaired) electrons. The van der Waals surface area contributed by atoms with E-state index in [1.165, 1.54) is 12.1 Å². The van der Waals surface area contributed by atoms with Gasteiger partial charge < -0.3 is 5.32 Å². The number of benzene rings is 1. The van der Waals surface area contributed by atoms with Gasteiger partial charge in [0, 0.05) is 11.6 Å². The van der Waals surface area contributed by atoms with E-state index >= 15 is 0 Å². The molecule has 0 saturated heterocycles. The van der Waals surface area contributed by atoms with E-state index in [1.54, 1.807) is 0 Å². The summed E-state index contributed by atoms with van der Waals surface area (Å²) in [5.41, 5.74) is -0.940. The van der Waals surface area contributed by atoms with Crippen LogP contribution in [0, 0.1) is 0 Å². The molecule has 2 aromatic rings. The number of aromatic nitrogens is 3. The summed E-state index contributed by atoms with van der Waals surface area (Å²) in [6.07, 6.45) is -0.177. The van der Waals surface area contributed by atoms with Gasteiger partial charge in [-0.05, 0) is 25.0 Å². The third kappa shape index (κ3) is 3.69. The molecule has 1 heterocycles. The Labute approximate surface area is 130 Å². The topological polar surface area (TPSA) is 70.7 Å². The molecular weight excluding hydrogens is 309 g/mol. The number of H-pyrrole nitrogens is 1. The molecule has 0 bridgehead atoms. The Hall–Kier alpha value is -2.38. The minimum absolute atomic E-state index is 0.194. The molecular formula is C15H15F3N4O. The van der Waals surface area contributed by atoms with Gasteiger partial charge in [0.15, 0.2) is 0 Å². The fraction of sp³-hybridized carbons (Fsp3) is 0.400. The van der Waals surface area contributed by atoms with Crippen molar-refractivity contribution in [1.82, 2.24) is 15.0 Å². The van der Waals surface area contributed by atoms with E-state index in [1.807, 2.05) is 0 Å². The lowest BCUT2D eigenvalue weighted by atomic mass is 10.1. The Balaban J connectivity index is 1.87. The van der Waals surface area contributed by atoms with E-state index in [0.717, 1.165) is 37.8 Å². The molecule has 0 atom stereocenters. The highest BCUT2D eigenvalue weighted by molar-refractivity contribution is 5.56. The van der Waals surface area contributed by atoms with Crippen LogP contribution in [-0.2, 0) is 6.18 Å². The zero-order valence-corrected chi connectivity index (χ0v) is 12.2. The van der Waals surface area contributed by atoms with Gasteiger partial charge in [0.1, 0.15) is 5.82 Å². The number of nitrogens with zero attached hydrogens (tertiary/aromatic N) is 2. The summed E-state index contributed by atoms with van der Waals surface area (Å²) in [5.74, 6) is 0.398. The van der Waals surface area contributed by atoms with Crippen LogP contribution in [-0.4, -0.2) is 21.0 Å². The van der Waals surface area contributed by atoms with Gasteiger partial charge >= 0.3 is 11.9 Å². The van der Waals surface area contributed by atoms with E-state index < -0.39 is 17.4 Å². The summed E-state index contributed by atoms with van der Waals surface area (Å²) in [7, 11) is 0. The van der Waals surface area contributed by atoms with Crippen LogP contribution >= 0.6 is 0 Å². The average molecular weight is 324 g/mol. The van der Waals surface area contributed by atoms with Crippen LogP contribution in [0.15, 0.2) is 29.1 Å². The second-order valence-electron chi connectivity index (χ2n) is 5.53. The molecule has 1 aromatic carbocycles. The molecule has 1 fully saturated rings. The largest absolute Gasteiger partial charge is 0.416 e. The zero-order valence-electron chi connectivity index (χ0n) is 12.2. The monoisotopic (exact) mass is 324 g/mol. The minimum Gasteiger partial charge on any atom is -0.351 e. The van der Waals surface area contributed by atoms with Crippen molar-refractivity contribution < 1.29 is 13.2 Å². The fourth-order valence-corrected chi connectivity index (χ4v) is 2.66. The second-order valence-corrected chi connectivity index (χ2v) is 5.53. The van der Waals surface area contributed by atoms with Gasteiger partial charge in [0.2, 0.25) is 5.95 Å². The molecule has 3 rings (SSSR count). The first-order valence-electron chi connectivity index (χ1n) is 7.34. The molecule has 1 aromatic heterocycles. The molecule has 0 aliphatic heterocycles. The first kappa shape index (κ1) is 15.5. The van der Waals surface area contributed by atoms with E-state index in [4.69, 9.17) is 0 Å². The lowest BCUT2D eigenvalue weighted by Gasteiger charge is -2.12.